The average molecular weight is 253 g/mol. The zero-order valence-corrected chi connectivity index (χ0v) is 9.58. The predicted molar refractivity (Wildman–Crippen MR) is 65.2 cm³/mol. The number of nitrogens with one attached hydrogen (secondary N) is 1. The van der Waals surface area contributed by atoms with Gasteiger partial charge < -0.3 is 11.1 Å². The zero-order valence-electron chi connectivity index (χ0n) is 8.82. The summed E-state index contributed by atoms with van der Waals surface area (Å²) in [4.78, 5) is 7.71. The number of rotatable bonds is 3. The van der Waals surface area contributed by atoms with Gasteiger partial charge in [-0.15, -0.1) is 0 Å². The molecule has 0 saturated carbocycles. The van der Waals surface area contributed by atoms with E-state index < -0.39 is 0 Å². The normalized spacial score (nSPS) is 10.2. The highest BCUT2D eigenvalue weighted by Gasteiger charge is 2.03. The van der Waals surface area contributed by atoms with Gasteiger partial charge in [-0.2, -0.15) is 4.98 Å². The molecule has 0 fully saturated rings. The number of nitrogen functional groups attached to an aromatic ring is 1. The summed E-state index contributed by atoms with van der Waals surface area (Å²) in [6.07, 6.45) is 1.43. The van der Waals surface area contributed by atoms with Gasteiger partial charge in [0.1, 0.15) is 10.8 Å². The van der Waals surface area contributed by atoms with Crippen LogP contribution in [0.3, 0.4) is 0 Å². The SMILES string of the molecule is Nc1ncc(Cl)c(NCc2ccc(F)cc2)n1. The minimum atomic E-state index is -0.266. The number of halogens is 2. The van der Waals surface area contributed by atoms with Crippen LogP contribution < -0.4 is 11.1 Å². The Kier molecular flexibility index (Phi) is 3.39. The molecule has 0 bridgehead atoms. The first kappa shape index (κ1) is 11.6. The number of nitrogens with two attached hydrogens (primary N) is 1. The Morgan fingerprint density at radius 2 is 2.00 bits per heavy atom. The Hall–Kier alpha value is -1.88. The van der Waals surface area contributed by atoms with Gasteiger partial charge in [-0.05, 0) is 17.7 Å². The number of hydrogen-bond donors (Lipinski definition) is 2. The van der Waals surface area contributed by atoms with E-state index in [1.807, 2.05) is 0 Å². The van der Waals surface area contributed by atoms with Gasteiger partial charge in [0.05, 0.1) is 6.20 Å². The van der Waals surface area contributed by atoms with Gasteiger partial charge in [0.15, 0.2) is 5.82 Å². The summed E-state index contributed by atoms with van der Waals surface area (Å²) in [5.74, 6) is 0.345. The molecule has 0 aliphatic carbocycles. The number of nitrogens with zero attached hydrogens (tertiary/aromatic N) is 2. The second-order valence-corrected chi connectivity index (χ2v) is 3.81. The predicted octanol–water partition coefficient (Wildman–Crippen LogP) is 2.46. The molecule has 0 aliphatic rings. The van der Waals surface area contributed by atoms with Crippen molar-refractivity contribution in [2.24, 2.45) is 0 Å². The van der Waals surface area contributed by atoms with Crippen LogP contribution in [0.4, 0.5) is 16.2 Å². The quantitative estimate of drug-likeness (QED) is 0.881. The van der Waals surface area contributed by atoms with E-state index in [1.165, 1.54) is 18.3 Å². The van der Waals surface area contributed by atoms with Gasteiger partial charge in [-0.1, -0.05) is 23.7 Å². The van der Waals surface area contributed by atoms with Crippen LogP contribution in [0.15, 0.2) is 30.5 Å². The molecule has 0 atom stereocenters. The molecule has 1 aromatic heterocycles. The maximum absolute atomic E-state index is 12.7. The van der Waals surface area contributed by atoms with E-state index in [1.54, 1.807) is 12.1 Å². The summed E-state index contributed by atoms with van der Waals surface area (Å²) in [7, 11) is 0. The van der Waals surface area contributed by atoms with Gasteiger partial charge in [-0.3, -0.25) is 0 Å². The third kappa shape index (κ3) is 3.04. The molecule has 0 unspecified atom stereocenters. The first-order valence-electron chi connectivity index (χ1n) is 4.91. The van der Waals surface area contributed by atoms with Crippen LogP contribution in [0.25, 0.3) is 0 Å². The second-order valence-electron chi connectivity index (χ2n) is 3.40. The van der Waals surface area contributed by atoms with E-state index in [0.29, 0.717) is 17.4 Å². The smallest absolute Gasteiger partial charge is 0.222 e. The Morgan fingerprint density at radius 1 is 1.29 bits per heavy atom. The minimum absolute atomic E-state index is 0.149. The van der Waals surface area contributed by atoms with Gasteiger partial charge >= 0.3 is 0 Å². The largest absolute Gasteiger partial charge is 0.368 e. The average Bonchev–Trinajstić information content (AvgIpc) is 2.32. The topological polar surface area (TPSA) is 63.8 Å². The maximum atomic E-state index is 12.7. The van der Waals surface area contributed by atoms with Crippen LogP contribution in [-0.4, -0.2) is 9.97 Å². The third-order valence-electron chi connectivity index (χ3n) is 2.14. The van der Waals surface area contributed by atoms with Crippen LogP contribution >= 0.6 is 11.6 Å². The lowest BCUT2D eigenvalue weighted by Crippen LogP contribution is -2.04. The number of anilines is 2. The van der Waals surface area contributed by atoms with Crippen molar-refractivity contribution in [1.29, 1.82) is 0 Å². The third-order valence-corrected chi connectivity index (χ3v) is 2.41. The standard InChI is InChI=1S/C11H10ClFN4/c12-9-6-16-11(14)17-10(9)15-5-7-1-3-8(13)4-2-7/h1-4,6H,5H2,(H3,14,15,16,17). The van der Waals surface area contributed by atoms with Gasteiger partial charge in [0.2, 0.25) is 5.95 Å². The highest BCUT2D eigenvalue weighted by atomic mass is 35.5. The fourth-order valence-corrected chi connectivity index (χ4v) is 1.45. The summed E-state index contributed by atoms with van der Waals surface area (Å²) >= 11 is 5.88. The van der Waals surface area contributed by atoms with E-state index >= 15 is 0 Å². The zero-order chi connectivity index (χ0) is 12.3. The Balaban J connectivity index is 2.07. The van der Waals surface area contributed by atoms with Gasteiger partial charge in [0, 0.05) is 6.54 Å². The summed E-state index contributed by atoms with van der Waals surface area (Å²) in [5.41, 5.74) is 6.36. The maximum Gasteiger partial charge on any atom is 0.222 e. The Bertz CT molecular complexity index is 515. The molecule has 4 nitrogen and oxygen atoms in total. The van der Waals surface area contributed by atoms with Crippen molar-refractivity contribution in [2.45, 2.75) is 6.54 Å². The Labute approximate surface area is 103 Å². The Morgan fingerprint density at radius 3 is 2.71 bits per heavy atom. The molecule has 2 aromatic rings. The van der Waals surface area contributed by atoms with Gasteiger partial charge in [0.25, 0.3) is 0 Å². The summed E-state index contributed by atoms with van der Waals surface area (Å²) in [6, 6.07) is 6.15. The fraction of sp³-hybridized carbons (Fsp3) is 0.0909. The van der Waals surface area contributed by atoms with Crippen LogP contribution in [0.1, 0.15) is 5.56 Å². The molecule has 0 radical (unpaired) electrons. The van der Waals surface area contributed by atoms with E-state index in [9.17, 15) is 4.39 Å². The van der Waals surface area contributed by atoms with E-state index in [-0.39, 0.29) is 11.8 Å². The fourth-order valence-electron chi connectivity index (χ4n) is 1.29. The van der Waals surface area contributed by atoms with Crippen molar-refractivity contribution in [1.82, 2.24) is 9.97 Å². The lowest BCUT2D eigenvalue weighted by Gasteiger charge is -2.07. The van der Waals surface area contributed by atoms with Crippen molar-refractivity contribution < 1.29 is 4.39 Å². The van der Waals surface area contributed by atoms with E-state index in [0.717, 1.165) is 5.56 Å². The molecule has 88 valence electrons. The van der Waals surface area contributed by atoms with Crippen LogP contribution in [0.5, 0.6) is 0 Å². The molecule has 2 rings (SSSR count). The van der Waals surface area contributed by atoms with Crippen LogP contribution in [-0.2, 0) is 6.54 Å². The summed E-state index contributed by atoms with van der Waals surface area (Å²) in [5, 5.41) is 3.39. The molecular weight excluding hydrogens is 243 g/mol. The van der Waals surface area contributed by atoms with Crippen molar-refractivity contribution in [3.63, 3.8) is 0 Å². The molecule has 0 saturated heterocycles. The van der Waals surface area contributed by atoms with Crippen molar-refractivity contribution in [2.75, 3.05) is 11.1 Å². The number of aromatic nitrogens is 2. The highest BCUT2D eigenvalue weighted by molar-refractivity contribution is 6.32. The van der Waals surface area contributed by atoms with Crippen LogP contribution in [0, 0.1) is 5.82 Å². The molecular formula is C11H10ClFN4. The first-order valence-corrected chi connectivity index (χ1v) is 5.29. The molecule has 17 heavy (non-hydrogen) atoms. The molecule has 0 aliphatic heterocycles. The molecule has 6 heteroatoms. The lowest BCUT2D eigenvalue weighted by molar-refractivity contribution is 0.627. The summed E-state index contributed by atoms with van der Waals surface area (Å²) in [6.45, 7) is 0.483. The number of hydrogen-bond acceptors (Lipinski definition) is 4. The van der Waals surface area contributed by atoms with Gasteiger partial charge in [-0.25, -0.2) is 9.37 Å². The summed E-state index contributed by atoms with van der Waals surface area (Å²) < 4.78 is 12.7. The van der Waals surface area contributed by atoms with Crippen molar-refractivity contribution in [3.05, 3.63) is 46.9 Å². The molecule has 1 heterocycles. The van der Waals surface area contributed by atoms with Crippen molar-refractivity contribution >= 4 is 23.4 Å². The van der Waals surface area contributed by atoms with Crippen LogP contribution in [0.2, 0.25) is 5.02 Å². The monoisotopic (exact) mass is 252 g/mol. The first-order chi connectivity index (χ1) is 8.15. The molecule has 1 aromatic carbocycles. The number of benzene rings is 1. The highest BCUT2D eigenvalue weighted by Crippen LogP contribution is 2.19. The minimum Gasteiger partial charge on any atom is -0.368 e. The van der Waals surface area contributed by atoms with E-state index in [4.69, 9.17) is 17.3 Å². The molecule has 0 amide bonds. The van der Waals surface area contributed by atoms with Crippen molar-refractivity contribution in [3.8, 4) is 0 Å². The molecule has 0 spiro atoms. The lowest BCUT2D eigenvalue weighted by atomic mass is 10.2. The second kappa shape index (κ2) is 4.97. The molecule has 3 N–H and O–H groups in total. The van der Waals surface area contributed by atoms with E-state index in [2.05, 4.69) is 15.3 Å².